The van der Waals surface area contributed by atoms with Gasteiger partial charge in [-0.1, -0.05) is 35.9 Å². The number of amides is 2. The molecule has 2 fully saturated rings. The molecule has 5 rings (SSSR count). The zero-order valence-electron chi connectivity index (χ0n) is 10.8. The molecule has 0 aromatic heterocycles. The summed E-state index contributed by atoms with van der Waals surface area (Å²) in [6.07, 6.45) is 6.27. The van der Waals surface area contributed by atoms with Crippen molar-refractivity contribution < 1.29 is 9.59 Å². The van der Waals surface area contributed by atoms with Gasteiger partial charge < -0.3 is 0 Å². The number of rotatable bonds is 1. The number of hydrogen-bond acceptors (Lipinski definition) is 2. The van der Waals surface area contributed by atoms with Crippen LogP contribution in [0.3, 0.4) is 0 Å². The van der Waals surface area contributed by atoms with Crippen molar-refractivity contribution in [1.82, 2.24) is 0 Å². The maximum absolute atomic E-state index is 12.7. The van der Waals surface area contributed by atoms with E-state index in [1.165, 1.54) is 4.90 Å². The summed E-state index contributed by atoms with van der Waals surface area (Å²) < 4.78 is 0. The van der Waals surface area contributed by atoms with Crippen LogP contribution in [0, 0.1) is 23.7 Å². The molecular formula is C16H14ClNO2. The molecule has 1 saturated heterocycles. The second-order valence-electron chi connectivity index (χ2n) is 5.80. The number of carbonyl (C=O) groups is 2. The summed E-state index contributed by atoms with van der Waals surface area (Å²) in [5.74, 6) is -0.0766. The van der Waals surface area contributed by atoms with Crippen LogP contribution in [0.15, 0.2) is 36.4 Å². The molecule has 3 nitrogen and oxygen atoms in total. The van der Waals surface area contributed by atoms with Crippen molar-refractivity contribution >= 4 is 29.1 Å². The number of para-hydroxylation sites is 1. The van der Waals surface area contributed by atoms with Crippen LogP contribution in [0.1, 0.15) is 12.8 Å². The van der Waals surface area contributed by atoms with Crippen molar-refractivity contribution in [1.29, 1.82) is 0 Å². The molecule has 4 atom stereocenters. The van der Waals surface area contributed by atoms with Crippen molar-refractivity contribution in [3.63, 3.8) is 0 Å². The van der Waals surface area contributed by atoms with E-state index in [2.05, 4.69) is 12.2 Å². The van der Waals surface area contributed by atoms with Gasteiger partial charge in [-0.2, -0.15) is 0 Å². The second-order valence-corrected chi connectivity index (χ2v) is 6.21. The van der Waals surface area contributed by atoms with Crippen LogP contribution in [0.4, 0.5) is 5.69 Å². The molecule has 1 heterocycles. The van der Waals surface area contributed by atoms with E-state index in [0.717, 1.165) is 12.8 Å². The van der Waals surface area contributed by atoms with Crippen LogP contribution in [-0.4, -0.2) is 11.8 Å². The van der Waals surface area contributed by atoms with E-state index >= 15 is 0 Å². The van der Waals surface area contributed by atoms with Crippen LogP contribution in [0.2, 0.25) is 5.02 Å². The summed E-state index contributed by atoms with van der Waals surface area (Å²) >= 11 is 6.16. The normalized spacial score (nSPS) is 34.8. The molecule has 2 amide bonds. The van der Waals surface area contributed by atoms with Gasteiger partial charge in [-0.3, -0.25) is 9.59 Å². The lowest BCUT2D eigenvalue weighted by Gasteiger charge is -2.38. The topological polar surface area (TPSA) is 37.4 Å². The molecule has 1 saturated carbocycles. The van der Waals surface area contributed by atoms with E-state index in [-0.39, 0.29) is 35.5 Å². The molecule has 0 radical (unpaired) electrons. The lowest BCUT2D eigenvalue weighted by atomic mass is 9.63. The highest BCUT2D eigenvalue weighted by molar-refractivity contribution is 6.36. The molecule has 1 aromatic carbocycles. The van der Waals surface area contributed by atoms with Gasteiger partial charge >= 0.3 is 0 Å². The summed E-state index contributed by atoms with van der Waals surface area (Å²) in [5.41, 5.74) is 0.526. The molecular weight excluding hydrogens is 274 g/mol. The number of benzene rings is 1. The highest BCUT2D eigenvalue weighted by atomic mass is 35.5. The summed E-state index contributed by atoms with van der Waals surface area (Å²) in [7, 11) is 0. The zero-order chi connectivity index (χ0) is 13.9. The van der Waals surface area contributed by atoms with Crippen LogP contribution in [0.5, 0.6) is 0 Å². The Morgan fingerprint density at radius 3 is 2.00 bits per heavy atom. The standard InChI is InChI=1S/C16H14ClNO2/c17-11-3-1-2-4-12(11)18-15(19)13-9-5-6-10(8-7-9)14(13)16(18)20/h1-6,9-10,13-14H,7-8H2/t9-,10+,13-,14+. The predicted molar refractivity (Wildman–Crippen MR) is 76.3 cm³/mol. The number of carbonyl (C=O) groups excluding carboxylic acids is 2. The fourth-order valence-corrected chi connectivity index (χ4v) is 4.16. The molecule has 4 heteroatoms. The van der Waals surface area contributed by atoms with Crippen LogP contribution >= 0.6 is 11.6 Å². The zero-order valence-corrected chi connectivity index (χ0v) is 11.6. The molecule has 102 valence electrons. The Bertz CT molecular complexity index is 607. The number of imide groups is 1. The Labute approximate surface area is 122 Å². The van der Waals surface area contributed by atoms with Crippen molar-refractivity contribution in [2.75, 3.05) is 4.90 Å². The third kappa shape index (κ3) is 1.47. The van der Waals surface area contributed by atoms with Crippen LogP contribution < -0.4 is 4.90 Å². The first-order valence-electron chi connectivity index (χ1n) is 6.99. The van der Waals surface area contributed by atoms with Crippen molar-refractivity contribution in [2.24, 2.45) is 23.7 Å². The number of halogens is 1. The fraction of sp³-hybridized carbons (Fsp3) is 0.375. The molecule has 0 spiro atoms. The Balaban J connectivity index is 1.80. The minimum absolute atomic E-state index is 0.0767. The number of fused-ring (bicyclic) bond motifs is 1. The van der Waals surface area contributed by atoms with Gasteiger partial charge in [0.25, 0.3) is 0 Å². The summed E-state index contributed by atoms with van der Waals surface area (Å²) in [5, 5.41) is 0.452. The first kappa shape index (κ1) is 12.2. The van der Waals surface area contributed by atoms with E-state index < -0.39 is 0 Å². The number of hydrogen-bond donors (Lipinski definition) is 0. The minimum atomic E-state index is -0.178. The van der Waals surface area contributed by atoms with Gasteiger partial charge in [0.05, 0.1) is 22.5 Å². The molecule has 20 heavy (non-hydrogen) atoms. The highest BCUT2D eigenvalue weighted by Crippen LogP contribution is 2.50. The van der Waals surface area contributed by atoms with Crippen LogP contribution in [-0.2, 0) is 9.59 Å². The molecule has 0 N–H and O–H groups in total. The van der Waals surface area contributed by atoms with Crippen molar-refractivity contribution in [2.45, 2.75) is 12.8 Å². The van der Waals surface area contributed by atoms with Gasteiger partial charge in [-0.05, 0) is 36.8 Å². The molecule has 2 bridgehead atoms. The van der Waals surface area contributed by atoms with Gasteiger partial charge in [0, 0.05) is 0 Å². The summed E-state index contributed by atoms with van der Waals surface area (Å²) in [4.78, 5) is 26.7. The average molecular weight is 288 g/mol. The SMILES string of the molecule is O=C1[C@@H]2[C@H](C(=O)N1c1ccccc1Cl)[C@@H]1C=C[C@H]2CC1. The van der Waals surface area contributed by atoms with E-state index in [1.807, 2.05) is 0 Å². The summed E-state index contributed by atoms with van der Waals surface area (Å²) in [6, 6.07) is 7.06. The third-order valence-corrected chi connectivity index (χ3v) is 5.17. The van der Waals surface area contributed by atoms with Gasteiger partial charge in [0.15, 0.2) is 0 Å². The average Bonchev–Trinajstić information content (AvgIpc) is 2.75. The van der Waals surface area contributed by atoms with Crippen molar-refractivity contribution in [3.05, 3.63) is 41.4 Å². The Kier molecular flexibility index (Phi) is 2.55. The second kappa shape index (κ2) is 4.19. The lowest BCUT2D eigenvalue weighted by molar-refractivity contribution is -0.124. The van der Waals surface area contributed by atoms with Crippen LogP contribution in [0.25, 0.3) is 0 Å². The molecule has 3 aliphatic carbocycles. The smallest absolute Gasteiger partial charge is 0.238 e. The first-order chi connectivity index (χ1) is 9.68. The van der Waals surface area contributed by atoms with Gasteiger partial charge in [-0.15, -0.1) is 0 Å². The van der Waals surface area contributed by atoms with Crippen molar-refractivity contribution in [3.8, 4) is 0 Å². The Hall–Kier alpha value is -1.61. The monoisotopic (exact) mass is 287 g/mol. The molecule has 4 aliphatic rings. The van der Waals surface area contributed by atoms with E-state index in [9.17, 15) is 9.59 Å². The van der Waals surface area contributed by atoms with E-state index in [0.29, 0.717) is 10.7 Å². The summed E-state index contributed by atoms with van der Waals surface area (Å²) in [6.45, 7) is 0. The number of nitrogens with zero attached hydrogens (tertiary/aromatic N) is 1. The Morgan fingerprint density at radius 2 is 1.50 bits per heavy atom. The quantitative estimate of drug-likeness (QED) is 0.588. The number of allylic oxidation sites excluding steroid dienone is 2. The molecule has 1 aromatic rings. The lowest BCUT2D eigenvalue weighted by Crippen LogP contribution is -2.38. The highest BCUT2D eigenvalue weighted by Gasteiger charge is 2.57. The third-order valence-electron chi connectivity index (χ3n) is 4.85. The van der Waals surface area contributed by atoms with Gasteiger partial charge in [-0.25, -0.2) is 4.90 Å². The molecule has 1 aliphatic heterocycles. The Morgan fingerprint density at radius 1 is 0.950 bits per heavy atom. The maximum atomic E-state index is 12.7. The van der Waals surface area contributed by atoms with E-state index in [1.54, 1.807) is 24.3 Å². The fourth-order valence-electron chi connectivity index (χ4n) is 3.94. The molecule has 0 unspecified atom stereocenters. The maximum Gasteiger partial charge on any atom is 0.238 e. The van der Waals surface area contributed by atoms with Gasteiger partial charge in [0.1, 0.15) is 0 Å². The number of anilines is 1. The largest absolute Gasteiger partial charge is 0.274 e. The van der Waals surface area contributed by atoms with E-state index in [4.69, 9.17) is 11.6 Å². The first-order valence-corrected chi connectivity index (χ1v) is 7.37. The predicted octanol–water partition coefficient (Wildman–Crippen LogP) is 3.04. The minimum Gasteiger partial charge on any atom is -0.274 e. The van der Waals surface area contributed by atoms with Gasteiger partial charge in [0.2, 0.25) is 11.8 Å².